The lowest BCUT2D eigenvalue weighted by Gasteiger charge is -2.04. The van der Waals surface area contributed by atoms with E-state index in [0.717, 1.165) is 11.1 Å². The van der Waals surface area contributed by atoms with Crippen molar-refractivity contribution in [1.82, 2.24) is 0 Å². The molecule has 0 spiro atoms. The number of furan rings is 1. The summed E-state index contributed by atoms with van der Waals surface area (Å²) in [5.41, 5.74) is 2.39. The Morgan fingerprint density at radius 2 is 2.00 bits per heavy atom. The van der Waals surface area contributed by atoms with Gasteiger partial charge in [0.15, 0.2) is 5.78 Å². The zero-order valence-electron chi connectivity index (χ0n) is 12.9. The Morgan fingerprint density at radius 3 is 2.78 bits per heavy atom. The van der Waals surface area contributed by atoms with Gasteiger partial charge in [-0.1, -0.05) is 18.2 Å². The molecule has 1 aromatic heterocycles. The van der Waals surface area contributed by atoms with Gasteiger partial charge in [0.05, 0.1) is 24.3 Å². The minimum absolute atomic E-state index is 0.0524. The highest BCUT2D eigenvalue weighted by atomic mass is 16.5. The molecule has 3 aromatic rings. The molecular weight excluding hydrogens is 292 g/mol. The lowest BCUT2D eigenvalue weighted by molar-refractivity contribution is 0.104. The van der Waals surface area contributed by atoms with E-state index in [4.69, 9.17) is 9.15 Å². The summed E-state index contributed by atoms with van der Waals surface area (Å²) in [5, 5.41) is 10.9. The smallest absolute Gasteiger partial charge is 0.189 e. The van der Waals surface area contributed by atoms with Crippen molar-refractivity contribution in [3.05, 3.63) is 65.4 Å². The van der Waals surface area contributed by atoms with Crippen LogP contribution in [0.4, 0.5) is 0 Å². The molecule has 0 amide bonds. The van der Waals surface area contributed by atoms with Gasteiger partial charge in [-0.15, -0.1) is 0 Å². The van der Waals surface area contributed by atoms with E-state index in [-0.39, 0.29) is 17.1 Å². The highest BCUT2D eigenvalue weighted by Crippen LogP contribution is 2.33. The van der Waals surface area contributed by atoms with Crippen LogP contribution in [-0.4, -0.2) is 18.0 Å². The summed E-state index contributed by atoms with van der Waals surface area (Å²) in [6.07, 6.45) is 4.66. The molecule has 0 unspecified atom stereocenters. The number of ketones is 1. The summed E-state index contributed by atoms with van der Waals surface area (Å²) in [5.74, 6) is 0.348. The van der Waals surface area contributed by atoms with Crippen molar-refractivity contribution >= 4 is 22.8 Å². The Labute approximate surface area is 133 Å². The zero-order valence-corrected chi connectivity index (χ0v) is 12.9. The summed E-state index contributed by atoms with van der Waals surface area (Å²) >= 11 is 0. The molecular formula is C19H16O4. The van der Waals surface area contributed by atoms with E-state index < -0.39 is 0 Å². The fourth-order valence-corrected chi connectivity index (χ4v) is 2.52. The van der Waals surface area contributed by atoms with Gasteiger partial charge in [0.2, 0.25) is 0 Å². The molecule has 0 atom stereocenters. The van der Waals surface area contributed by atoms with Crippen LogP contribution < -0.4 is 4.74 Å². The molecule has 3 rings (SSSR count). The molecule has 116 valence electrons. The largest absolute Gasteiger partial charge is 0.506 e. The van der Waals surface area contributed by atoms with Gasteiger partial charge in [-0.3, -0.25) is 4.79 Å². The third-order valence-electron chi connectivity index (χ3n) is 3.72. The van der Waals surface area contributed by atoms with Crippen LogP contribution >= 0.6 is 0 Å². The lowest BCUT2D eigenvalue weighted by Crippen LogP contribution is -1.95. The fraction of sp³-hybridized carbons (Fsp3) is 0.105. The maximum atomic E-state index is 12.4. The van der Waals surface area contributed by atoms with E-state index in [1.54, 1.807) is 31.6 Å². The Bertz CT molecular complexity index is 903. The molecule has 0 bridgehead atoms. The van der Waals surface area contributed by atoms with Crippen molar-refractivity contribution in [2.75, 3.05) is 7.11 Å². The van der Waals surface area contributed by atoms with E-state index in [2.05, 4.69) is 0 Å². The van der Waals surface area contributed by atoms with E-state index in [1.807, 2.05) is 31.2 Å². The van der Waals surface area contributed by atoms with Crippen LogP contribution in [0.15, 0.2) is 53.2 Å². The van der Waals surface area contributed by atoms with E-state index in [1.165, 1.54) is 6.08 Å². The number of hydrogen-bond donors (Lipinski definition) is 1. The minimum Gasteiger partial charge on any atom is -0.506 e. The number of phenols is 1. The first-order valence-electron chi connectivity index (χ1n) is 7.17. The summed E-state index contributed by atoms with van der Waals surface area (Å²) in [7, 11) is 1.58. The third kappa shape index (κ3) is 2.71. The second-order valence-electron chi connectivity index (χ2n) is 5.19. The number of rotatable bonds is 4. The number of para-hydroxylation sites is 1. The molecule has 0 saturated heterocycles. The van der Waals surface area contributed by atoms with Gasteiger partial charge in [-0.2, -0.15) is 0 Å². The van der Waals surface area contributed by atoms with E-state index in [0.29, 0.717) is 16.7 Å². The molecule has 0 aliphatic rings. The van der Waals surface area contributed by atoms with Gasteiger partial charge < -0.3 is 14.3 Å². The lowest BCUT2D eigenvalue weighted by atomic mass is 10.0. The monoisotopic (exact) mass is 308 g/mol. The van der Waals surface area contributed by atoms with Gasteiger partial charge >= 0.3 is 0 Å². The SMILES string of the molecule is COc1ccccc1/C=C/C(=O)c1ccc2occ(C)c2c1O. The predicted octanol–water partition coefficient (Wildman–Crippen LogP) is 4.35. The molecule has 2 aromatic carbocycles. The van der Waals surface area contributed by atoms with Crippen LogP contribution in [0.2, 0.25) is 0 Å². The van der Waals surface area contributed by atoms with E-state index in [9.17, 15) is 9.90 Å². The minimum atomic E-state index is -0.282. The van der Waals surface area contributed by atoms with Gasteiger partial charge in [-0.05, 0) is 42.8 Å². The number of allylic oxidation sites excluding steroid dienone is 1. The normalized spacial score (nSPS) is 11.2. The van der Waals surface area contributed by atoms with Crippen LogP contribution in [-0.2, 0) is 0 Å². The molecule has 0 saturated carbocycles. The maximum absolute atomic E-state index is 12.4. The number of methoxy groups -OCH3 is 1. The number of carbonyl (C=O) groups is 1. The molecule has 23 heavy (non-hydrogen) atoms. The molecule has 4 nitrogen and oxygen atoms in total. The van der Waals surface area contributed by atoms with Crippen LogP contribution in [0.25, 0.3) is 17.0 Å². The number of phenolic OH excluding ortho intramolecular Hbond substituents is 1. The number of fused-ring (bicyclic) bond motifs is 1. The molecule has 4 heteroatoms. The van der Waals surface area contributed by atoms with Crippen molar-refractivity contribution in [2.45, 2.75) is 6.92 Å². The average Bonchev–Trinajstić information content (AvgIpc) is 2.95. The van der Waals surface area contributed by atoms with Crippen molar-refractivity contribution < 1.29 is 19.1 Å². The highest BCUT2D eigenvalue weighted by Gasteiger charge is 2.15. The van der Waals surface area contributed by atoms with E-state index >= 15 is 0 Å². The van der Waals surface area contributed by atoms with Gasteiger partial charge in [-0.25, -0.2) is 0 Å². The number of carbonyl (C=O) groups excluding carboxylic acids is 1. The number of benzene rings is 2. The Balaban J connectivity index is 1.96. The van der Waals surface area contributed by atoms with Crippen molar-refractivity contribution in [2.24, 2.45) is 0 Å². The molecule has 0 aliphatic heterocycles. The Kier molecular flexibility index (Phi) is 3.89. The molecule has 0 aliphatic carbocycles. The maximum Gasteiger partial charge on any atom is 0.189 e. The summed E-state index contributed by atoms with van der Waals surface area (Å²) in [6, 6.07) is 10.7. The van der Waals surface area contributed by atoms with Crippen LogP contribution in [0.1, 0.15) is 21.5 Å². The van der Waals surface area contributed by atoms with Crippen molar-refractivity contribution in [3.63, 3.8) is 0 Å². The first-order chi connectivity index (χ1) is 11.1. The summed E-state index contributed by atoms with van der Waals surface area (Å²) < 4.78 is 10.6. The Hall–Kier alpha value is -3.01. The fourth-order valence-electron chi connectivity index (χ4n) is 2.52. The zero-order chi connectivity index (χ0) is 16.4. The van der Waals surface area contributed by atoms with Crippen molar-refractivity contribution in [3.8, 4) is 11.5 Å². The van der Waals surface area contributed by atoms with Gasteiger partial charge in [0.25, 0.3) is 0 Å². The predicted molar refractivity (Wildman–Crippen MR) is 89.0 cm³/mol. The summed E-state index contributed by atoms with van der Waals surface area (Å²) in [6.45, 7) is 1.82. The second-order valence-corrected chi connectivity index (χ2v) is 5.19. The first kappa shape index (κ1) is 14.9. The second kappa shape index (κ2) is 6.01. The van der Waals surface area contributed by atoms with Crippen LogP contribution in [0, 0.1) is 6.92 Å². The van der Waals surface area contributed by atoms with Crippen molar-refractivity contribution in [1.29, 1.82) is 0 Å². The number of ether oxygens (including phenoxy) is 1. The standard InChI is InChI=1S/C19H16O4/c1-12-11-23-17-10-8-14(19(21)18(12)17)15(20)9-7-13-5-3-4-6-16(13)22-2/h3-11,21H,1-2H3/b9-7+. The number of hydrogen-bond acceptors (Lipinski definition) is 4. The van der Waals surface area contributed by atoms with Crippen LogP contribution in [0.3, 0.4) is 0 Å². The average molecular weight is 308 g/mol. The van der Waals surface area contributed by atoms with Gasteiger partial charge in [0, 0.05) is 5.56 Å². The number of aryl methyl sites for hydroxylation is 1. The number of aromatic hydroxyl groups is 1. The highest BCUT2D eigenvalue weighted by molar-refractivity contribution is 6.11. The topological polar surface area (TPSA) is 59.7 Å². The van der Waals surface area contributed by atoms with Gasteiger partial charge in [0.1, 0.15) is 17.1 Å². The Morgan fingerprint density at radius 1 is 1.22 bits per heavy atom. The molecule has 0 radical (unpaired) electrons. The molecule has 1 heterocycles. The quantitative estimate of drug-likeness (QED) is 0.575. The first-order valence-corrected chi connectivity index (χ1v) is 7.17. The molecule has 1 N–H and O–H groups in total. The third-order valence-corrected chi connectivity index (χ3v) is 3.72. The summed E-state index contributed by atoms with van der Waals surface area (Å²) in [4.78, 5) is 12.4. The molecule has 0 fully saturated rings. The van der Waals surface area contributed by atoms with Crippen LogP contribution in [0.5, 0.6) is 11.5 Å².